The molecule has 34 heavy (non-hydrogen) atoms. The first-order valence-corrected chi connectivity index (χ1v) is 10.7. The molecule has 0 radical (unpaired) electrons. The normalized spacial score (nSPS) is 19.5. The third-order valence-electron chi connectivity index (χ3n) is 6.05. The Bertz CT molecular complexity index is 1140. The highest BCUT2D eigenvalue weighted by Gasteiger charge is 2.47. The van der Waals surface area contributed by atoms with Gasteiger partial charge in [0, 0.05) is 5.41 Å². The van der Waals surface area contributed by atoms with Gasteiger partial charge in [0.15, 0.2) is 11.5 Å². The Balaban J connectivity index is 1.69. The van der Waals surface area contributed by atoms with E-state index in [0.717, 1.165) is 4.90 Å². The van der Waals surface area contributed by atoms with Crippen LogP contribution in [0.5, 0.6) is 11.5 Å². The zero-order valence-electron chi connectivity index (χ0n) is 19.3. The Labute approximate surface area is 196 Å². The molecule has 0 saturated carbocycles. The zero-order chi connectivity index (χ0) is 24.6. The second kappa shape index (κ2) is 8.81. The van der Waals surface area contributed by atoms with Crippen molar-refractivity contribution in [1.29, 1.82) is 0 Å². The first-order valence-electron chi connectivity index (χ1n) is 10.7. The largest absolute Gasteiger partial charge is 0.493 e. The summed E-state index contributed by atoms with van der Waals surface area (Å²) in [6.45, 7) is 3.64. The molecule has 2 aromatic carbocycles. The summed E-state index contributed by atoms with van der Waals surface area (Å²) in [5.41, 5.74) is 0.289. The number of hydrogen-bond acceptors (Lipinski definition) is 8. The van der Waals surface area contributed by atoms with Gasteiger partial charge in [-0.2, -0.15) is 0 Å². The van der Waals surface area contributed by atoms with Crippen LogP contribution in [0.4, 0.5) is 0 Å². The summed E-state index contributed by atoms with van der Waals surface area (Å²) in [4.78, 5) is 52.6. The molecule has 2 aliphatic rings. The van der Waals surface area contributed by atoms with Gasteiger partial charge in [0.2, 0.25) is 6.10 Å². The standard InChI is InChI=1S/C25H25NO8/c1-25(2)13-33-24(30)21(25)34-20(27)12-17(14-9-10-18(31-3)19(11-14)32-4)26-22(28)15-7-5-6-8-16(15)23(26)29/h5-11,17,21H,12-13H2,1-4H3. The number of amides is 2. The van der Waals surface area contributed by atoms with E-state index >= 15 is 0 Å². The van der Waals surface area contributed by atoms with Gasteiger partial charge in [0.1, 0.15) is 6.61 Å². The lowest BCUT2D eigenvalue weighted by Gasteiger charge is -2.28. The van der Waals surface area contributed by atoms with Crippen LogP contribution in [0.3, 0.4) is 0 Å². The van der Waals surface area contributed by atoms with Crippen molar-refractivity contribution in [1.82, 2.24) is 4.90 Å². The summed E-state index contributed by atoms with van der Waals surface area (Å²) in [5, 5.41) is 0. The molecule has 2 unspecified atom stereocenters. The molecule has 0 spiro atoms. The number of carbonyl (C=O) groups excluding carboxylic acids is 4. The van der Waals surface area contributed by atoms with Crippen molar-refractivity contribution in [3.63, 3.8) is 0 Å². The quantitative estimate of drug-likeness (QED) is 0.452. The van der Waals surface area contributed by atoms with Gasteiger partial charge in [-0.3, -0.25) is 19.3 Å². The summed E-state index contributed by atoms with van der Waals surface area (Å²) < 4.78 is 21.2. The third-order valence-corrected chi connectivity index (χ3v) is 6.05. The molecule has 1 fully saturated rings. The summed E-state index contributed by atoms with van der Waals surface area (Å²) in [6.07, 6.45) is -1.44. The molecule has 4 rings (SSSR count). The van der Waals surface area contributed by atoms with Crippen LogP contribution in [0.15, 0.2) is 42.5 Å². The van der Waals surface area contributed by atoms with E-state index in [0.29, 0.717) is 17.1 Å². The molecule has 2 atom stereocenters. The fourth-order valence-electron chi connectivity index (χ4n) is 4.18. The first-order chi connectivity index (χ1) is 16.2. The molecule has 0 N–H and O–H groups in total. The average molecular weight is 467 g/mol. The molecule has 9 nitrogen and oxygen atoms in total. The lowest BCUT2D eigenvalue weighted by atomic mass is 9.90. The minimum atomic E-state index is -1.08. The highest BCUT2D eigenvalue weighted by Crippen LogP contribution is 2.38. The number of cyclic esters (lactones) is 1. The average Bonchev–Trinajstić information content (AvgIpc) is 3.23. The Morgan fingerprint density at radius 3 is 2.18 bits per heavy atom. The predicted molar refractivity (Wildman–Crippen MR) is 118 cm³/mol. The van der Waals surface area contributed by atoms with Crippen LogP contribution in [0.1, 0.15) is 52.6 Å². The maximum Gasteiger partial charge on any atom is 0.348 e. The number of nitrogens with zero attached hydrogens (tertiary/aromatic N) is 1. The van der Waals surface area contributed by atoms with E-state index in [4.69, 9.17) is 18.9 Å². The molecule has 0 bridgehead atoms. The van der Waals surface area contributed by atoms with Gasteiger partial charge in [-0.25, -0.2) is 4.79 Å². The number of carbonyl (C=O) groups is 4. The smallest absolute Gasteiger partial charge is 0.348 e. The molecule has 9 heteroatoms. The van der Waals surface area contributed by atoms with Crippen molar-refractivity contribution < 1.29 is 38.1 Å². The molecule has 2 aromatic rings. The lowest BCUT2D eigenvalue weighted by molar-refractivity contribution is -0.163. The highest BCUT2D eigenvalue weighted by molar-refractivity contribution is 6.21. The van der Waals surface area contributed by atoms with E-state index in [-0.39, 0.29) is 24.2 Å². The van der Waals surface area contributed by atoms with Crippen LogP contribution in [0, 0.1) is 5.41 Å². The summed E-state index contributed by atoms with van der Waals surface area (Å²) in [5.74, 6) is -1.58. The van der Waals surface area contributed by atoms with Gasteiger partial charge >= 0.3 is 11.9 Å². The van der Waals surface area contributed by atoms with Crippen molar-refractivity contribution in [2.24, 2.45) is 5.41 Å². The zero-order valence-corrected chi connectivity index (χ0v) is 19.3. The van der Waals surface area contributed by atoms with Crippen LogP contribution in [0.25, 0.3) is 0 Å². The number of hydrogen-bond donors (Lipinski definition) is 0. The highest BCUT2D eigenvalue weighted by atomic mass is 16.6. The lowest BCUT2D eigenvalue weighted by Crippen LogP contribution is -2.38. The maximum atomic E-state index is 13.2. The Kier molecular flexibility index (Phi) is 6.03. The molecule has 178 valence electrons. The van der Waals surface area contributed by atoms with Crippen LogP contribution in [-0.4, -0.2) is 55.6 Å². The van der Waals surface area contributed by atoms with E-state index in [1.165, 1.54) is 14.2 Å². The fourth-order valence-corrected chi connectivity index (χ4v) is 4.18. The minimum Gasteiger partial charge on any atom is -0.493 e. The Hall–Kier alpha value is -3.88. The predicted octanol–water partition coefficient (Wildman–Crippen LogP) is 2.93. The summed E-state index contributed by atoms with van der Waals surface area (Å²) in [6, 6.07) is 10.3. The van der Waals surface area contributed by atoms with Crippen LogP contribution >= 0.6 is 0 Å². The Morgan fingerprint density at radius 1 is 1.03 bits per heavy atom. The number of methoxy groups -OCH3 is 2. The monoisotopic (exact) mass is 467 g/mol. The molecule has 2 amide bonds. The van der Waals surface area contributed by atoms with Crippen LogP contribution < -0.4 is 9.47 Å². The van der Waals surface area contributed by atoms with Crippen molar-refractivity contribution >= 4 is 23.8 Å². The maximum absolute atomic E-state index is 13.2. The van der Waals surface area contributed by atoms with Crippen LogP contribution in [-0.2, 0) is 19.1 Å². The van der Waals surface area contributed by atoms with Crippen LogP contribution in [0.2, 0.25) is 0 Å². The second-order valence-electron chi connectivity index (χ2n) is 8.83. The number of imide groups is 1. The molecule has 0 aliphatic carbocycles. The minimum absolute atomic E-state index is 0.126. The molecule has 2 heterocycles. The Morgan fingerprint density at radius 2 is 1.65 bits per heavy atom. The molecule has 1 saturated heterocycles. The van der Waals surface area contributed by atoms with E-state index < -0.39 is 41.3 Å². The van der Waals surface area contributed by atoms with Crippen molar-refractivity contribution in [3.05, 3.63) is 59.2 Å². The number of ether oxygens (including phenoxy) is 4. The van der Waals surface area contributed by atoms with Gasteiger partial charge in [-0.1, -0.05) is 32.0 Å². The van der Waals surface area contributed by atoms with Gasteiger partial charge in [0.05, 0.1) is 37.8 Å². The van der Waals surface area contributed by atoms with Gasteiger partial charge in [-0.15, -0.1) is 0 Å². The van der Waals surface area contributed by atoms with Gasteiger partial charge in [-0.05, 0) is 29.8 Å². The van der Waals surface area contributed by atoms with Crippen molar-refractivity contribution in [2.45, 2.75) is 32.4 Å². The van der Waals surface area contributed by atoms with Gasteiger partial charge in [0.25, 0.3) is 11.8 Å². The van der Waals surface area contributed by atoms with Gasteiger partial charge < -0.3 is 18.9 Å². The number of fused-ring (bicyclic) bond motifs is 1. The van der Waals surface area contributed by atoms with E-state index in [2.05, 4.69) is 0 Å². The molecule has 0 aromatic heterocycles. The van der Waals surface area contributed by atoms with E-state index in [1.54, 1.807) is 56.3 Å². The van der Waals surface area contributed by atoms with Crippen molar-refractivity contribution in [3.8, 4) is 11.5 Å². The SMILES string of the molecule is COc1ccc(C(CC(=O)OC2C(=O)OCC2(C)C)N2C(=O)c3ccccc3C2=O)cc1OC. The number of benzene rings is 2. The first kappa shape index (κ1) is 23.3. The molecular weight excluding hydrogens is 442 g/mol. The second-order valence-corrected chi connectivity index (χ2v) is 8.83. The fraction of sp³-hybridized carbons (Fsp3) is 0.360. The molecular formula is C25H25NO8. The third kappa shape index (κ3) is 3.98. The molecule has 2 aliphatic heterocycles. The summed E-state index contributed by atoms with van der Waals surface area (Å²) in [7, 11) is 2.94. The van der Waals surface area contributed by atoms with E-state index in [1.807, 2.05) is 0 Å². The van der Waals surface area contributed by atoms with E-state index in [9.17, 15) is 19.2 Å². The number of esters is 2. The number of rotatable bonds is 7. The topological polar surface area (TPSA) is 108 Å². The summed E-state index contributed by atoms with van der Waals surface area (Å²) >= 11 is 0. The van der Waals surface area contributed by atoms with Crippen molar-refractivity contribution in [2.75, 3.05) is 20.8 Å².